The highest BCUT2D eigenvalue weighted by atomic mass is 79.9. The van der Waals surface area contributed by atoms with Crippen LogP contribution in [0.25, 0.3) is 0 Å². The van der Waals surface area contributed by atoms with Gasteiger partial charge < -0.3 is 9.31 Å². The zero-order valence-corrected chi connectivity index (χ0v) is 9.66. The van der Waals surface area contributed by atoms with Crippen molar-refractivity contribution in [3.63, 3.8) is 0 Å². The zero-order chi connectivity index (χ0) is 10.7. The number of nitrogens with zero attached hydrogens (tertiary/aromatic N) is 1. The van der Waals surface area contributed by atoms with Crippen LogP contribution in [-0.4, -0.2) is 20.3 Å². The van der Waals surface area contributed by atoms with Crippen molar-refractivity contribution in [3.8, 4) is 6.07 Å². The minimum absolute atomic E-state index is 0.397. The first-order valence-electron chi connectivity index (χ1n) is 4.74. The Labute approximate surface area is 97.3 Å². The Morgan fingerprint density at radius 1 is 1.33 bits per heavy atom. The molecular formula is C10H9BBrNO2. The van der Waals surface area contributed by atoms with Crippen LogP contribution in [0.4, 0.5) is 0 Å². The first-order valence-corrected chi connectivity index (χ1v) is 5.54. The summed E-state index contributed by atoms with van der Waals surface area (Å²) in [5.74, 6) is 0. The van der Waals surface area contributed by atoms with Crippen LogP contribution in [0.5, 0.6) is 0 Å². The van der Waals surface area contributed by atoms with Crippen LogP contribution >= 0.6 is 15.9 Å². The second-order valence-corrected chi connectivity index (χ2v) is 4.10. The molecule has 3 nitrogen and oxygen atoms in total. The summed E-state index contributed by atoms with van der Waals surface area (Å²) in [7, 11) is -0.397. The Morgan fingerprint density at radius 3 is 2.73 bits per heavy atom. The van der Waals surface area contributed by atoms with Gasteiger partial charge in [0.2, 0.25) is 0 Å². The van der Waals surface area contributed by atoms with Crippen LogP contribution in [0.1, 0.15) is 12.0 Å². The fourth-order valence-electron chi connectivity index (χ4n) is 1.52. The Kier molecular flexibility index (Phi) is 3.42. The summed E-state index contributed by atoms with van der Waals surface area (Å²) in [6.07, 6.45) is 0.909. The van der Waals surface area contributed by atoms with Crippen molar-refractivity contribution in [2.24, 2.45) is 0 Å². The zero-order valence-electron chi connectivity index (χ0n) is 8.07. The molecule has 5 heteroatoms. The standard InChI is InChI=1S/C10H9BBrNO2/c12-10-4-1-3-9(8(10)7-13)11-14-5-2-6-15-11/h1,3-4H,2,5-6H2. The van der Waals surface area contributed by atoms with Crippen LogP contribution in [0.15, 0.2) is 22.7 Å². The van der Waals surface area contributed by atoms with E-state index in [9.17, 15) is 0 Å². The van der Waals surface area contributed by atoms with Gasteiger partial charge in [0.15, 0.2) is 0 Å². The molecule has 1 fully saturated rings. The van der Waals surface area contributed by atoms with E-state index in [4.69, 9.17) is 14.6 Å². The van der Waals surface area contributed by atoms with Crippen molar-refractivity contribution in [2.45, 2.75) is 6.42 Å². The Morgan fingerprint density at radius 2 is 2.07 bits per heavy atom. The molecule has 0 radical (unpaired) electrons. The van der Waals surface area contributed by atoms with Crippen molar-refractivity contribution in [3.05, 3.63) is 28.2 Å². The van der Waals surface area contributed by atoms with Gasteiger partial charge in [-0.25, -0.2) is 0 Å². The normalized spacial score (nSPS) is 16.1. The molecule has 1 saturated heterocycles. The Hall–Kier alpha value is -0.825. The van der Waals surface area contributed by atoms with Crippen molar-refractivity contribution < 1.29 is 9.31 Å². The maximum absolute atomic E-state index is 9.04. The van der Waals surface area contributed by atoms with Gasteiger partial charge in [0.25, 0.3) is 0 Å². The average molecular weight is 266 g/mol. The van der Waals surface area contributed by atoms with E-state index >= 15 is 0 Å². The number of hydrogen-bond donors (Lipinski definition) is 0. The number of halogens is 1. The van der Waals surface area contributed by atoms with Gasteiger partial charge in [-0.1, -0.05) is 12.1 Å². The van der Waals surface area contributed by atoms with Crippen molar-refractivity contribution in [1.29, 1.82) is 5.26 Å². The molecule has 1 aliphatic rings. The smallest absolute Gasteiger partial charge is 0.407 e. The monoisotopic (exact) mass is 265 g/mol. The predicted molar refractivity (Wildman–Crippen MR) is 60.8 cm³/mol. The molecule has 1 aliphatic heterocycles. The fourth-order valence-corrected chi connectivity index (χ4v) is 1.99. The molecule has 1 aromatic rings. The van der Waals surface area contributed by atoms with Gasteiger partial charge in [0.1, 0.15) is 0 Å². The lowest BCUT2D eigenvalue weighted by Crippen LogP contribution is -2.42. The van der Waals surface area contributed by atoms with Crippen LogP contribution < -0.4 is 5.46 Å². The second kappa shape index (κ2) is 4.80. The van der Waals surface area contributed by atoms with E-state index in [-0.39, 0.29) is 0 Å². The Bertz CT molecular complexity index is 399. The van der Waals surface area contributed by atoms with Gasteiger partial charge in [-0.15, -0.1) is 0 Å². The number of nitriles is 1. The molecule has 0 amide bonds. The second-order valence-electron chi connectivity index (χ2n) is 3.24. The molecular weight excluding hydrogens is 257 g/mol. The van der Waals surface area contributed by atoms with Gasteiger partial charge in [0.05, 0.1) is 11.6 Å². The minimum Gasteiger partial charge on any atom is -0.407 e. The van der Waals surface area contributed by atoms with Crippen LogP contribution in [-0.2, 0) is 9.31 Å². The molecule has 0 bridgehead atoms. The summed E-state index contributed by atoms with van der Waals surface area (Å²) in [6.45, 7) is 1.37. The van der Waals surface area contributed by atoms with Gasteiger partial charge in [-0.05, 0) is 28.4 Å². The van der Waals surface area contributed by atoms with Gasteiger partial charge in [-0.3, -0.25) is 0 Å². The Balaban J connectivity index is 2.34. The highest BCUT2D eigenvalue weighted by Crippen LogP contribution is 2.15. The van der Waals surface area contributed by atoms with Crippen LogP contribution in [0.3, 0.4) is 0 Å². The third-order valence-corrected chi connectivity index (χ3v) is 2.90. The quantitative estimate of drug-likeness (QED) is 0.722. The highest BCUT2D eigenvalue weighted by Gasteiger charge is 2.27. The molecule has 2 rings (SSSR count). The molecule has 1 aromatic carbocycles. The van der Waals surface area contributed by atoms with E-state index in [0.717, 1.165) is 16.4 Å². The SMILES string of the molecule is N#Cc1c(Br)cccc1B1OCCCO1. The average Bonchev–Trinajstić information content (AvgIpc) is 2.30. The van der Waals surface area contributed by atoms with Crippen molar-refractivity contribution >= 4 is 28.5 Å². The van der Waals surface area contributed by atoms with E-state index in [2.05, 4.69) is 22.0 Å². The van der Waals surface area contributed by atoms with Crippen molar-refractivity contribution in [2.75, 3.05) is 13.2 Å². The van der Waals surface area contributed by atoms with E-state index in [1.807, 2.05) is 18.2 Å². The summed E-state index contributed by atoms with van der Waals surface area (Å²) >= 11 is 3.34. The maximum Gasteiger partial charge on any atom is 0.495 e. The van der Waals surface area contributed by atoms with E-state index < -0.39 is 7.12 Å². The maximum atomic E-state index is 9.04. The van der Waals surface area contributed by atoms with E-state index in [1.165, 1.54) is 0 Å². The molecule has 0 N–H and O–H groups in total. The lowest BCUT2D eigenvalue weighted by molar-refractivity contribution is 0.143. The molecule has 76 valence electrons. The first-order chi connectivity index (χ1) is 7.33. The molecule has 0 saturated carbocycles. The third kappa shape index (κ3) is 2.23. The summed E-state index contributed by atoms with van der Waals surface area (Å²) in [5.41, 5.74) is 1.39. The number of hydrogen-bond acceptors (Lipinski definition) is 3. The molecule has 0 aliphatic carbocycles. The van der Waals surface area contributed by atoms with Gasteiger partial charge >= 0.3 is 7.12 Å². The van der Waals surface area contributed by atoms with Gasteiger partial charge in [0, 0.05) is 23.1 Å². The lowest BCUT2D eigenvalue weighted by atomic mass is 9.75. The minimum atomic E-state index is -0.397. The number of rotatable bonds is 1. The molecule has 0 unspecified atom stereocenters. The van der Waals surface area contributed by atoms with Crippen molar-refractivity contribution in [1.82, 2.24) is 0 Å². The number of benzene rings is 1. The van der Waals surface area contributed by atoms with Crippen LogP contribution in [0, 0.1) is 11.3 Å². The summed E-state index contributed by atoms with van der Waals surface area (Å²) in [6, 6.07) is 7.73. The summed E-state index contributed by atoms with van der Waals surface area (Å²) in [4.78, 5) is 0. The summed E-state index contributed by atoms with van der Waals surface area (Å²) < 4.78 is 11.7. The van der Waals surface area contributed by atoms with E-state index in [0.29, 0.717) is 18.8 Å². The topological polar surface area (TPSA) is 42.2 Å². The molecule has 1 heterocycles. The predicted octanol–water partition coefficient (Wildman–Crippen LogP) is 1.45. The summed E-state index contributed by atoms with van der Waals surface area (Å²) in [5, 5.41) is 9.04. The largest absolute Gasteiger partial charge is 0.495 e. The molecule has 0 aromatic heterocycles. The fraction of sp³-hybridized carbons (Fsp3) is 0.300. The van der Waals surface area contributed by atoms with Crippen LogP contribution in [0.2, 0.25) is 0 Å². The highest BCUT2D eigenvalue weighted by molar-refractivity contribution is 9.10. The molecule has 15 heavy (non-hydrogen) atoms. The van der Waals surface area contributed by atoms with E-state index in [1.54, 1.807) is 0 Å². The first kappa shape index (κ1) is 10.7. The lowest BCUT2D eigenvalue weighted by Gasteiger charge is -2.20. The molecule has 0 spiro atoms. The molecule has 0 atom stereocenters. The van der Waals surface area contributed by atoms with Gasteiger partial charge in [-0.2, -0.15) is 5.26 Å². The third-order valence-electron chi connectivity index (χ3n) is 2.24.